The average Bonchev–Trinajstić information content (AvgIpc) is 3.29. The molecule has 0 fully saturated rings. The molecule has 0 radical (unpaired) electrons. The number of nitrogens with zero attached hydrogens (tertiary/aromatic N) is 3. The number of ether oxygens (including phenoxy) is 3. The van der Waals surface area contributed by atoms with E-state index in [4.69, 9.17) is 14.2 Å². The Balaban J connectivity index is 1.55. The molecule has 0 saturated carbocycles. The Bertz CT molecular complexity index is 1120. The van der Waals surface area contributed by atoms with Crippen molar-refractivity contribution in [3.8, 4) is 29.0 Å². The number of carbonyl (C=O) groups excluding carboxylic acids is 1. The monoisotopic (exact) mass is 390 g/mol. The van der Waals surface area contributed by atoms with E-state index in [0.29, 0.717) is 28.6 Å². The van der Waals surface area contributed by atoms with Crippen molar-refractivity contribution in [2.45, 2.75) is 13.8 Å². The first-order valence-electron chi connectivity index (χ1n) is 8.93. The van der Waals surface area contributed by atoms with Crippen molar-refractivity contribution in [1.29, 1.82) is 5.26 Å². The maximum atomic E-state index is 12.6. The topological polar surface area (TPSA) is 98.4 Å². The highest BCUT2D eigenvalue weighted by molar-refractivity contribution is 5.93. The number of pyridine rings is 1. The van der Waals surface area contributed by atoms with E-state index in [0.717, 1.165) is 16.9 Å². The maximum Gasteiger partial charge on any atom is 0.263 e. The summed E-state index contributed by atoms with van der Waals surface area (Å²) < 4.78 is 17.9. The van der Waals surface area contributed by atoms with Crippen molar-refractivity contribution in [2.24, 2.45) is 0 Å². The zero-order valence-corrected chi connectivity index (χ0v) is 15.9. The summed E-state index contributed by atoms with van der Waals surface area (Å²) in [6.07, 6.45) is 3.34. The highest BCUT2D eigenvalue weighted by Gasteiger charge is 2.21. The van der Waals surface area contributed by atoms with E-state index in [1.165, 1.54) is 0 Å². The Morgan fingerprint density at radius 3 is 2.90 bits per heavy atom. The minimum Gasteiger partial charge on any atom is -0.484 e. The quantitative estimate of drug-likeness (QED) is 0.719. The van der Waals surface area contributed by atoms with Gasteiger partial charge in [-0.15, -0.1) is 0 Å². The minimum absolute atomic E-state index is 0.167. The molecule has 1 aliphatic heterocycles. The number of nitriles is 1. The molecular weight excluding hydrogens is 372 g/mol. The molecule has 0 spiro atoms. The third kappa shape index (κ3) is 3.46. The third-order valence-corrected chi connectivity index (χ3v) is 4.70. The number of hydrogen-bond donors (Lipinski definition) is 1. The van der Waals surface area contributed by atoms with E-state index < -0.39 is 0 Å². The zero-order valence-electron chi connectivity index (χ0n) is 15.9. The lowest BCUT2D eigenvalue weighted by Crippen LogP contribution is -2.22. The van der Waals surface area contributed by atoms with Crippen LogP contribution in [0.25, 0.3) is 5.69 Å². The normalized spacial score (nSPS) is 11.8. The summed E-state index contributed by atoms with van der Waals surface area (Å²) in [6, 6.07) is 10.9. The van der Waals surface area contributed by atoms with Gasteiger partial charge in [0.05, 0.1) is 17.4 Å². The molecule has 1 N–H and O–H groups in total. The Labute approximate surface area is 167 Å². The molecule has 1 aliphatic rings. The van der Waals surface area contributed by atoms with E-state index in [9.17, 15) is 10.1 Å². The molecule has 0 unspecified atom stereocenters. The molecular formula is C21H18N4O4. The second-order valence-corrected chi connectivity index (χ2v) is 6.44. The van der Waals surface area contributed by atoms with Gasteiger partial charge in [-0.1, -0.05) is 0 Å². The molecule has 3 aromatic rings. The van der Waals surface area contributed by atoms with Gasteiger partial charge in [0, 0.05) is 18.0 Å². The van der Waals surface area contributed by atoms with Gasteiger partial charge in [0.25, 0.3) is 5.91 Å². The number of fused-ring (bicyclic) bond motifs is 1. The molecule has 4 rings (SSSR count). The van der Waals surface area contributed by atoms with Crippen LogP contribution < -0.4 is 19.5 Å². The molecule has 1 amide bonds. The lowest BCUT2D eigenvalue weighted by molar-refractivity contribution is -0.118. The number of carbonyl (C=O) groups is 1. The summed E-state index contributed by atoms with van der Waals surface area (Å²) >= 11 is 0. The van der Waals surface area contributed by atoms with Crippen LogP contribution in [0.15, 0.2) is 42.7 Å². The van der Waals surface area contributed by atoms with Crippen LogP contribution in [-0.2, 0) is 4.79 Å². The van der Waals surface area contributed by atoms with Gasteiger partial charge in [-0.2, -0.15) is 5.26 Å². The van der Waals surface area contributed by atoms with Crippen LogP contribution in [0.2, 0.25) is 0 Å². The van der Waals surface area contributed by atoms with Gasteiger partial charge >= 0.3 is 0 Å². The molecule has 2 aromatic heterocycles. The third-order valence-electron chi connectivity index (χ3n) is 4.70. The Kier molecular flexibility index (Phi) is 4.79. The van der Waals surface area contributed by atoms with Crippen molar-refractivity contribution in [1.82, 2.24) is 9.55 Å². The average molecular weight is 390 g/mol. The molecule has 8 heteroatoms. The fraction of sp³-hybridized carbons (Fsp3) is 0.190. The van der Waals surface area contributed by atoms with Crippen molar-refractivity contribution >= 4 is 11.7 Å². The maximum absolute atomic E-state index is 12.6. The van der Waals surface area contributed by atoms with Gasteiger partial charge in [-0.05, 0) is 43.7 Å². The van der Waals surface area contributed by atoms with Crippen LogP contribution in [0.5, 0.6) is 17.2 Å². The highest BCUT2D eigenvalue weighted by atomic mass is 16.7. The first-order valence-corrected chi connectivity index (χ1v) is 8.93. The van der Waals surface area contributed by atoms with Crippen LogP contribution >= 0.6 is 0 Å². The molecule has 0 saturated heterocycles. The second-order valence-electron chi connectivity index (χ2n) is 6.44. The molecule has 146 valence electrons. The van der Waals surface area contributed by atoms with E-state index in [2.05, 4.69) is 16.4 Å². The molecule has 29 heavy (non-hydrogen) atoms. The summed E-state index contributed by atoms with van der Waals surface area (Å²) in [4.78, 5) is 16.7. The minimum atomic E-state index is -0.387. The van der Waals surface area contributed by atoms with Gasteiger partial charge in [-0.25, -0.2) is 0 Å². The van der Waals surface area contributed by atoms with Crippen molar-refractivity contribution in [2.75, 3.05) is 18.7 Å². The molecule has 0 atom stereocenters. The summed E-state index contributed by atoms with van der Waals surface area (Å²) in [5, 5.41) is 12.4. The van der Waals surface area contributed by atoms with Crippen molar-refractivity contribution in [3.63, 3.8) is 0 Å². The Morgan fingerprint density at radius 1 is 1.31 bits per heavy atom. The van der Waals surface area contributed by atoms with Gasteiger partial charge in [0.1, 0.15) is 17.6 Å². The van der Waals surface area contributed by atoms with Crippen molar-refractivity contribution < 1.29 is 19.0 Å². The van der Waals surface area contributed by atoms with Crippen LogP contribution in [0.1, 0.15) is 16.8 Å². The smallest absolute Gasteiger partial charge is 0.263 e. The Morgan fingerprint density at radius 2 is 2.14 bits per heavy atom. The van der Waals surface area contributed by atoms with Gasteiger partial charge in [-0.3, -0.25) is 14.3 Å². The number of aromatic nitrogens is 2. The van der Waals surface area contributed by atoms with E-state index in [1.807, 2.05) is 19.9 Å². The van der Waals surface area contributed by atoms with E-state index in [1.54, 1.807) is 41.2 Å². The van der Waals surface area contributed by atoms with Gasteiger partial charge < -0.3 is 19.5 Å². The summed E-state index contributed by atoms with van der Waals surface area (Å²) in [5.74, 6) is 1.71. The fourth-order valence-electron chi connectivity index (χ4n) is 3.15. The fourth-order valence-corrected chi connectivity index (χ4v) is 3.15. The molecule has 3 heterocycles. The molecule has 1 aromatic carbocycles. The number of anilines is 1. The van der Waals surface area contributed by atoms with Crippen LogP contribution in [-0.4, -0.2) is 28.9 Å². The van der Waals surface area contributed by atoms with Crippen LogP contribution in [0.4, 0.5) is 5.82 Å². The number of hydrogen-bond acceptors (Lipinski definition) is 6. The first kappa shape index (κ1) is 18.4. The number of amides is 1. The highest BCUT2D eigenvalue weighted by Crippen LogP contribution is 2.35. The van der Waals surface area contributed by atoms with Crippen molar-refractivity contribution in [3.05, 3.63) is 59.5 Å². The summed E-state index contributed by atoms with van der Waals surface area (Å²) in [5.41, 5.74) is 2.80. The van der Waals surface area contributed by atoms with Crippen LogP contribution in [0, 0.1) is 25.2 Å². The number of nitrogens with one attached hydrogen (secondary N) is 1. The summed E-state index contributed by atoms with van der Waals surface area (Å²) in [6.45, 7) is 3.68. The van der Waals surface area contributed by atoms with Gasteiger partial charge in [0.2, 0.25) is 6.79 Å². The van der Waals surface area contributed by atoms with E-state index in [-0.39, 0.29) is 19.3 Å². The second kappa shape index (κ2) is 7.56. The van der Waals surface area contributed by atoms with Gasteiger partial charge in [0.15, 0.2) is 18.1 Å². The predicted molar refractivity (Wildman–Crippen MR) is 104 cm³/mol. The summed E-state index contributed by atoms with van der Waals surface area (Å²) in [7, 11) is 0. The molecule has 0 aliphatic carbocycles. The lowest BCUT2D eigenvalue weighted by Gasteiger charge is -2.13. The SMILES string of the molecule is Cc1c(C#N)c(NC(=O)COc2ccc3c(c2)OCO3)n(-c2cccnc2)c1C. The number of rotatable bonds is 5. The molecule has 0 bridgehead atoms. The lowest BCUT2D eigenvalue weighted by atomic mass is 10.2. The zero-order chi connectivity index (χ0) is 20.4. The Hall–Kier alpha value is -3.99. The predicted octanol–water partition coefficient (Wildman–Crippen LogP) is 3.11. The largest absolute Gasteiger partial charge is 0.484 e. The number of benzene rings is 1. The van der Waals surface area contributed by atoms with E-state index >= 15 is 0 Å². The van der Waals surface area contributed by atoms with Crippen LogP contribution in [0.3, 0.4) is 0 Å². The standard InChI is InChI=1S/C21H18N4O4/c1-13-14(2)25(15-4-3-7-23-10-15)21(17(13)9-22)24-20(26)11-27-16-5-6-18-19(8-16)29-12-28-18/h3-8,10H,11-12H2,1-2H3,(H,24,26). The molecule has 8 nitrogen and oxygen atoms in total. The first-order chi connectivity index (χ1) is 14.1.